The largest absolute Gasteiger partial charge is 0.506 e. The number of anilines is 2. The molecule has 4 heterocycles. The molecule has 0 atom stereocenters. The van der Waals surface area contributed by atoms with Gasteiger partial charge in [-0.3, -0.25) is 10.2 Å². The molecule has 5 rings (SSSR count). The van der Waals surface area contributed by atoms with Crippen LogP contribution in [0, 0.1) is 0 Å². The van der Waals surface area contributed by atoms with Gasteiger partial charge in [-0.05, 0) is 30.3 Å². The number of benzene rings is 1. The first-order valence-electron chi connectivity index (χ1n) is 8.70. The van der Waals surface area contributed by atoms with Crippen molar-refractivity contribution in [3.05, 3.63) is 76.9 Å². The number of hydrogen-bond donors (Lipinski definition) is 3. The van der Waals surface area contributed by atoms with Gasteiger partial charge in [0.25, 0.3) is 15.6 Å². The molecule has 150 valence electrons. The number of nitrogens with zero attached hydrogens (tertiary/aromatic N) is 3. The zero-order valence-corrected chi connectivity index (χ0v) is 15.9. The number of fused-ring (bicyclic) bond motifs is 2. The molecule has 1 aliphatic rings. The van der Waals surface area contributed by atoms with Crippen molar-refractivity contribution in [3.8, 4) is 5.75 Å². The number of hydrogen-bond acceptors (Lipinski definition) is 8. The molecule has 30 heavy (non-hydrogen) atoms. The summed E-state index contributed by atoms with van der Waals surface area (Å²) in [5, 5.41) is 13.9. The van der Waals surface area contributed by atoms with Crippen LogP contribution in [0.2, 0.25) is 0 Å². The van der Waals surface area contributed by atoms with E-state index in [4.69, 9.17) is 4.42 Å². The molecule has 4 aromatic rings. The maximum Gasteiger partial charge on any atom is 0.286 e. The molecular weight excluding hydrogens is 410 g/mol. The van der Waals surface area contributed by atoms with Crippen LogP contribution in [-0.4, -0.2) is 29.0 Å². The van der Waals surface area contributed by atoms with Gasteiger partial charge in [-0.25, -0.2) is 4.98 Å². The summed E-state index contributed by atoms with van der Waals surface area (Å²) in [7, 11) is -4.08. The molecule has 1 aliphatic heterocycles. The highest BCUT2D eigenvalue weighted by molar-refractivity contribution is 7.90. The molecule has 0 spiro atoms. The highest BCUT2D eigenvalue weighted by Crippen LogP contribution is 2.31. The third kappa shape index (κ3) is 2.71. The minimum absolute atomic E-state index is 0.0234. The lowest BCUT2D eigenvalue weighted by atomic mass is 10.1. The first-order chi connectivity index (χ1) is 14.5. The summed E-state index contributed by atoms with van der Waals surface area (Å²) in [5.41, 5.74) is 2.05. The second kappa shape index (κ2) is 6.46. The Morgan fingerprint density at radius 1 is 1.10 bits per heavy atom. The zero-order chi connectivity index (χ0) is 20.9. The normalized spacial score (nSPS) is 14.6. The van der Waals surface area contributed by atoms with Crippen molar-refractivity contribution in [1.29, 1.82) is 0 Å². The molecule has 10 nitrogen and oxygen atoms in total. The fourth-order valence-electron chi connectivity index (χ4n) is 3.20. The topological polar surface area (TPSA) is 139 Å². The molecule has 0 fully saturated rings. The lowest BCUT2D eigenvalue weighted by molar-refractivity contribution is 0.478. The van der Waals surface area contributed by atoms with Gasteiger partial charge in [0.2, 0.25) is 5.88 Å². The number of rotatable bonds is 3. The van der Waals surface area contributed by atoms with Gasteiger partial charge in [0.15, 0.2) is 11.5 Å². The SMILES string of the molecule is O=c1c(C2=NS(=O)(=O)c3ccccc3N2)c(O)c2cccnc2n1Nc1ccco1. The van der Waals surface area contributed by atoms with Gasteiger partial charge in [0.1, 0.15) is 16.2 Å². The number of furan rings is 1. The lowest BCUT2D eigenvalue weighted by Gasteiger charge is -2.20. The molecule has 0 bridgehead atoms. The number of aromatic nitrogens is 2. The Labute approximate surface area is 169 Å². The monoisotopic (exact) mass is 423 g/mol. The third-order valence-corrected chi connectivity index (χ3v) is 5.85. The minimum Gasteiger partial charge on any atom is -0.506 e. The van der Waals surface area contributed by atoms with Crippen LogP contribution in [-0.2, 0) is 10.0 Å². The van der Waals surface area contributed by atoms with Gasteiger partial charge >= 0.3 is 0 Å². The molecule has 0 saturated heterocycles. The third-order valence-electron chi connectivity index (χ3n) is 4.52. The van der Waals surface area contributed by atoms with E-state index in [0.29, 0.717) is 0 Å². The zero-order valence-electron chi connectivity index (χ0n) is 15.1. The average molecular weight is 423 g/mol. The minimum atomic E-state index is -4.08. The smallest absolute Gasteiger partial charge is 0.286 e. The number of aromatic hydroxyl groups is 1. The van der Waals surface area contributed by atoms with Crippen molar-refractivity contribution in [2.75, 3.05) is 10.7 Å². The van der Waals surface area contributed by atoms with E-state index in [1.54, 1.807) is 42.5 Å². The van der Waals surface area contributed by atoms with Crippen molar-refractivity contribution >= 4 is 38.5 Å². The maximum atomic E-state index is 13.3. The van der Waals surface area contributed by atoms with E-state index in [1.807, 2.05) is 0 Å². The molecule has 0 unspecified atom stereocenters. The van der Waals surface area contributed by atoms with Gasteiger partial charge in [0.05, 0.1) is 17.3 Å². The summed E-state index contributed by atoms with van der Waals surface area (Å²) in [6.07, 6.45) is 2.87. The van der Waals surface area contributed by atoms with Crippen molar-refractivity contribution in [1.82, 2.24) is 9.66 Å². The first-order valence-corrected chi connectivity index (χ1v) is 10.1. The quantitative estimate of drug-likeness (QED) is 0.455. The number of para-hydroxylation sites is 1. The number of pyridine rings is 2. The summed E-state index contributed by atoms with van der Waals surface area (Å²) >= 11 is 0. The van der Waals surface area contributed by atoms with E-state index in [9.17, 15) is 18.3 Å². The van der Waals surface area contributed by atoms with Gasteiger partial charge in [0, 0.05) is 12.3 Å². The second-order valence-corrected chi connectivity index (χ2v) is 7.94. The van der Waals surface area contributed by atoms with Crippen LogP contribution in [0.1, 0.15) is 5.56 Å². The molecular formula is C19H13N5O5S. The number of amidine groups is 1. The predicted octanol–water partition coefficient (Wildman–Crippen LogP) is 2.13. The Hall–Kier alpha value is -4.12. The van der Waals surface area contributed by atoms with E-state index in [0.717, 1.165) is 4.68 Å². The van der Waals surface area contributed by atoms with Gasteiger partial charge in [-0.15, -0.1) is 4.40 Å². The van der Waals surface area contributed by atoms with Gasteiger partial charge < -0.3 is 14.8 Å². The summed E-state index contributed by atoms with van der Waals surface area (Å²) in [6, 6.07) is 12.5. The highest BCUT2D eigenvalue weighted by atomic mass is 32.2. The van der Waals surface area contributed by atoms with Crippen LogP contribution in [0.25, 0.3) is 11.0 Å². The Kier molecular flexibility index (Phi) is 3.86. The van der Waals surface area contributed by atoms with Crippen molar-refractivity contribution < 1.29 is 17.9 Å². The van der Waals surface area contributed by atoms with Crippen LogP contribution >= 0.6 is 0 Å². The van der Waals surface area contributed by atoms with Gasteiger partial charge in [-0.2, -0.15) is 13.1 Å². The molecule has 0 amide bonds. The van der Waals surface area contributed by atoms with Crippen LogP contribution in [0.3, 0.4) is 0 Å². The van der Waals surface area contributed by atoms with E-state index in [1.165, 1.54) is 18.5 Å². The summed E-state index contributed by atoms with van der Waals surface area (Å²) < 4.78 is 35.3. The second-order valence-electron chi connectivity index (χ2n) is 6.36. The van der Waals surface area contributed by atoms with Crippen LogP contribution < -0.4 is 16.3 Å². The fourth-order valence-corrected chi connectivity index (χ4v) is 4.32. The van der Waals surface area contributed by atoms with E-state index < -0.39 is 21.3 Å². The molecule has 0 saturated carbocycles. The molecule has 0 radical (unpaired) electrons. The average Bonchev–Trinajstić information content (AvgIpc) is 3.24. The standard InChI is InChI=1S/C19H13N5O5S/c25-16-11-5-3-9-20-18(11)24(22-14-8-4-10-29-14)19(26)15(16)17-21-12-6-1-2-7-13(12)30(27,28)23-17/h1-10,22,25H,(H,21,23). The van der Waals surface area contributed by atoms with Crippen LogP contribution in [0.5, 0.6) is 5.75 Å². The lowest BCUT2D eigenvalue weighted by Crippen LogP contribution is -2.35. The van der Waals surface area contributed by atoms with Crippen molar-refractivity contribution in [2.45, 2.75) is 4.90 Å². The van der Waals surface area contributed by atoms with Gasteiger partial charge in [-0.1, -0.05) is 12.1 Å². The predicted molar refractivity (Wildman–Crippen MR) is 109 cm³/mol. The summed E-state index contributed by atoms with van der Waals surface area (Å²) in [6.45, 7) is 0. The van der Waals surface area contributed by atoms with Crippen molar-refractivity contribution in [2.24, 2.45) is 4.40 Å². The maximum absolute atomic E-state index is 13.3. The number of sulfonamides is 1. The molecule has 1 aromatic carbocycles. The molecule has 3 N–H and O–H groups in total. The summed E-state index contributed by atoms with van der Waals surface area (Å²) in [5.74, 6) is -0.490. The Bertz CT molecular complexity index is 1490. The summed E-state index contributed by atoms with van der Waals surface area (Å²) in [4.78, 5) is 17.4. The van der Waals surface area contributed by atoms with E-state index >= 15 is 0 Å². The van der Waals surface area contributed by atoms with Crippen LogP contribution in [0.15, 0.2) is 79.5 Å². The molecule has 0 aliphatic carbocycles. The van der Waals surface area contributed by atoms with E-state index in [-0.39, 0.29) is 38.9 Å². The van der Waals surface area contributed by atoms with E-state index in [2.05, 4.69) is 20.1 Å². The Morgan fingerprint density at radius 3 is 2.73 bits per heavy atom. The Morgan fingerprint density at radius 2 is 1.93 bits per heavy atom. The fraction of sp³-hybridized carbons (Fsp3) is 0. The molecule has 3 aromatic heterocycles. The number of nitrogens with one attached hydrogen (secondary N) is 2. The van der Waals surface area contributed by atoms with Crippen LogP contribution in [0.4, 0.5) is 11.6 Å². The molecule has 11 heteroatoms. The Balaban J connectivity index is 1.79. The first kappa shape index (κ1) is 17.9. The van der Waals surface area contributed by atoms with Crippen molar-refractivity contribution in [3.63, 3.8) is 0 Å². The highest BCUT2D eigenvalue weighted by Gasteiger charge is 2.30.